The minimum atomic E-state index is 0.787. The van der Waals surface area contributed by atoms with Crippen molar-refractivity contribution in [3.05, 3.63) is 11.1 Å². The Hall–Kier alpha value is 0.0900. The van der Waals surface area contributed by atoms with E-state index >= 15 is 0 Å². The van der Waals surface area contributed by atoms with Crippen molar-refractivity contribution in [2.75, 3.05) is 5.75 Å². The molecule has 1 aliphatic heterocycles. The molecule has 0 radical (unpaired) electrons. The number of thioether (sulfide) groups is 1. The van der Waals surface area contributed by atoms with E-state index in [4.69, 9.17) is 0 Å². The maximum atomic E-state index is 2.27. The van der Waals surface area contributed by atoms with E-state index in [0.29, 0.717) is 0 Å². The third-order valence-corrected chi connectivity index (χ3v) is 3.29. The lowest BCUT2D eigenvalue weighted by Gasteiger charge is -1.99. The van der Waals surface area contributed by atoms with E-state index in [0.717, 1.165) is 5.25 Å². The first kappa shape index (κ1) is 6.21. The van der Waals surface area contributed by atoms with Crippen LogP contribution in [0.25, 0.3) is 0 Å². The topological polar surface area (TPSA) is 0 Å². The van der Waals surface area contributed by atoms with Gasteiger partial charge in [0.25, 0.3) is 0 Å². The molecule has 0 aromatic heterocycles. The second-order valence-electron chi connectivity index (χ2n) is 2.42. The highest BCUT2D eigenvalue weighted by atomic mass is 32.2. The zero-order chi connectivity index (χ0) is 6.15. The Morgan fingerprint density at radius 1 is 1.50 bits per heavy atom. The Morgan fingerprint density at radius 3 is 2.25 bits per heavy atom. The first-order valence-electron chi connectivity index (χ1n) is 2.99. The predicted octanol–water partition coefficient (Wildman–Crippen LogP) is 2.46. The smallest absolute Gasteiger partial charge is 0.0231 e. The van der Waals surface area contributed by atoms with Crippen LogP contribution in [-0.2, 0) is 0 Å². The van der Waals surface area contributed by atoms with Crippen LogP contribution in [0.4, 0.5) is 0 Å². The zero-order valence-electron chi connectivity index (χ0n) is 5.69. The van der Waals surface area contributed by atoms with Crippen molar-refractivity contribution in [3.8, 4) is 0 Å². The molecule has 0 fully saturated rings. The maximum absolute atomic E-state index is 2.27. The molecule has 0 N–H and O–H groups in total. The monoisotopic (exact) mass is 128 g/mol. The van der Waals surface area contributed by atoms with Crippen LogP contribution < -0.4 is 0 Å². The molecule has 0 spiro atoms. The van der Waals surface area contributed by atoms with Crippen LogP contribution in [0.15, 0.2) is 11.1 Å². The minimum absolute atomic E-state index is 0.787. The van der Waals surface area contributed by atoms with E-state index < -0.39 is 0 Å². The number of rotatable bonds is 0. The maximum Gasteiger partial charge on any atom is 0.0231 e. The van der Waals surface area contributed by atoms with Crippen molar-refractivity contribution in [1.29, 1.82) is 0 Å². The van der Waals surface area contributed by atoms with Crippen molar-refractivity contribution < 1.29 is 0 Å². The Labute approximate surface area is 55.4 Å². The van der Waals surface area contributed by atoms with Crippen LogP contribution in [0.1, 0.15) is 20.8 Å². The molecule has 46 valence electrons. The largest absolute Gasteiger partial charge is 0.150 e. The highest BCUT2D eigenvalue weighted by molar-refractivity contribution is 8.00. The predicted molar refractivity (Wildman–Crippen MR) is 40.3 cm³/mol. The lowest BCUT2D eigenvalue weighted by molar-refractivity contribution is 1.11. The molecule has 0 bridgehead atoms. The van der Waals surface area contributed by atoms with Crippen LogP contribution in [0.5, 0.6) is 0 Å². The summed E-state index contributed by atoms with van der Waals surface area (Å²) >= 11 is 2.04. The molecule has 1 atom stereocenters. The first-order valence-corrected chi connectivity index (χ1v) is 4.04. The van der Waals surface area contributed by atoms with E-state index in [1.165, 1.54) is 5.75 Å². The quantitative estimate of drug-likeness (QED) is 0.452. The van der Waals surface area contributed by atoms with Crippen LogP contribution in [0, 0.1) is 0 Å². The summed E-state index contributed by atoms with van der Waals surface area (Å²) in [5.74, 6) is 1.26. The van der Waals surface area contributed by atoms with Gasteiger partial charge in [-0.15, -0.1) is 11.8 Å². The van der Waals surface area contributed by atoms with Gasteiger partial charge in [0.15, 0.2) is 0 Å². The molecule has 1 heteroatoms. The molecule has 0 nitrogen and oxygen atoms in total. The van der Waals surface area contributed by atoms with Crippen molar-refractivity contribution in [3.63, 3.8) is 0 Å². The van der Waals surface area contributed by atoms with Gasteiger partial charge < -0.3 is 0 Å². The van der Waals surface area contributed by atoms with Gasteiger partial charge in [0, 0.05) is 11.0 Å². The lowest BCUT2D eigenvalue weighted by Crippen LogP contribution is -1.89. The van der Waals surface area contributed by atoms with Gasteiger partial charge >= 0.3 is 0 Å². The van der Waals surface area contributed by atoms with Gasteiger partial charge in [-0.2, -0.15) is 0 Å². The van der Waals surface area contributed by atoms with E-state index in [2.05, 4.69) is 20.8 Å². The first-order chi connectivity index (χ1) is 3.72. The molecular weight excluding hydrogens is 116 g/mol. The van der Waals surface area contributed by atoms with E-state index in [1.807, 2.05) is 11.8 Å². The Morgan fingerprint density at radius 2 is 2.12 bits per heavy atom. The lowest BCUT2D eigenvalue weighted by atomic mass is 10.1. The SMILES string of the molecule is CC1=C(C)C(C)SC1. The molecule has 8 heavy (non-hydrogen) atoms. The average Bonchev–Trinajstić information content (AvgIpc) is 1.98. The molecule has 1 heterocycles. The van der Waals surface area contributed by atoms with Crippen molar-refractivity contribution in [1.82, 2.24) is 0 Å². The molecule has 0 saturated heterocycles. The Kier molecular flexibility index (Phi) is 1.66. The molecule has 0 aliphatic carbocycles. The summed E-state index contributed by atoms with van der Waals surface area (Å²) in [6, 6.07) is 0. The van der Waals surface area contributed by atoms with Gasteiger partial charge in [-0.05, 0) is 20.8 Å². The highest BCUT2D eigenvalue weighted by Crippen LogP contribution is 2.30. The second kappa shape index (κ2) is 2.14. The van der Waals surface area contributed by atoms with Crippen LogP contribution >= 0.6 is 11.8 Å². The summed E-state index contributed by atoms with van der Waals surface area (Å²) in [6.07, 6.45) is 0. The molecule has 0 aromatic carbocycles. The van der Waals surface area contributed by atoms with E-state index in [9.17, 15) is 0 Å². The third-order valence-electron chi connectivity index (χ3n) is 1.83. The van der Waals surface area contributed by atoms with Gasteiger partial charge in [0.05, 0.1) is 0 Å². The van der Waals surface area contributed by atoms with Gasteiger partial charge in [-0.25, -0.2) is 0 Å². The van der Waals surface area contributed by atoms with Crippen LogP contribution in [0.3, 0.4) is 0 Å². The summed E-state index contributed by atoms with van der Waals surface area (Å²) in [6.45, 7) is 6.74. The summed E-state index contributed by atoms with van der Waals surface area (Å²) in [4.78, 5) is 0. The third kappa shape index (κ3) is 0.921. The fourth-order valence-corrected chi connectivity index (χ4v) is 2.01. The zero-order valence-corrected chi connectivity index (χ0v) is 6.51. The fourth-order valence-electron chi connectivity index (χ4n) is 0.836. The van der Waals surface area contributed by atoms with Crippen molar-refractivity contribution in [2.45, 2.75) is 26.0 Å². The van der Waals surface area contributed by atoms with Crippen molar-refractivity contribution in [2.24, 2.45) is 0 Å². The molecule has 0 amide bonds. The molecule has 0 aromatic rings. The average molecular weight is 128 g/mol. The normalized spacial score (nSPS) is 29.6. The standard InChI is InChI=1S/C7H12S/c1-5-4-8-7(3)6(5)2/h7H,4H2,1-3H3. The molecule has 1 unspecified atom stereocenters. The molecular formula is C7H12S. The molecule has 1 aliphatic rings. The molecule has 0 saturated carbocycles. The summed E-state index contributed by atoms with van der Waals surface area (Å²) in [5.41, 5.74) is 3.18. The van der Waals surface area contributed by atoms with Gasteiger partial charge in [0.1, 0.15) is 0 Å². The Balaban J connectivity index is 2.71. The Bertz CT molecular complexity index is 124. The van der Waals surface area contributed by atoms with E-state index in [-0.39, 0.29) is 0 Å². The highest BCUT2D eigenvalue weighted by Gasteiger charge is 2.14. The fraction of sp³-hybridized carbons (Fsp3) is 0.714. The summed E-state index contributed by atoms with van der Waals surface area (Å²) in [5, 5.41) is 0.787. The van der Waals surface area contributed by atoms with Gasteiger partial charge in [0.2, 0.25) is 0 Å². The van der Waals surface area contributed by atoms with E-state index in [1.54, 1.807) is 11.1 Å². The second-order valence-corrected chi connectivity index (χ2v) is 3.75. The minimum Gasteiger partial charge on any atom is -0.150 e. The van der Waals surface area contributed by atoms with Gasteiger partial charge in [-0.3, -0.25) is 0 Å². The summed E-state index contributed by atoms with van der Waals surface area (Å²) in [7, 11) is 0. The van der Waals surface area contributed by atoms with Crippen molar-refractivity contribution >= 4 is 11.8 Å². The summed E-state index contributed by atoms with van der Waals surface area (Å²) < 4.78 is 0. The molecule has 1 rings (SSSR count). The number of hydrogen-bond acceptors (Lipinski definition) is 1. The number of hydrogen-bond donors (Lipinski definition) is 0. The van der Waals surface area contributed by atoms with Gasteiger partial charge in [-0.1, -0.05) is 11.1 Å². The van der Waals surface area contributed by atoms with Crippen LogP contribution in [0.2, 0.25) is 0 Å². The van der Waals surface area contributed by atoms with Crippen LogP contribution in [-0.4, -0.2) is 11.0 Å².